The fourth-order valence-electron chi connectivity index (χ4n) is 13.9. The number of hydrogen-bond acceptors (Lipinski definition) is 13. The number of aliphatic hydroxyl groups is 8. The van der Waals surface area contributed by atoms with Crippen LogP contribution >= 0.6 is 0 Å². The number of ether oxygens (including phenoxy) is 4. The second-order valence-corrected chi connectivity index (χ2v) is 30.6. The first kappa shape index (κ1) is 100. The minimum Gasteiger partial charge on any atom is -0.394 e. The van der Waals surface area contributed by atoms with Crippen molar-refractivity contribution in [1.29, 1.82) is 0 Å². The van der Waals surface area contributed by atoms with Crippen molar-refractivity contribution in [3.63, 3.8) is 0 Å². The summed E-state index contributed by atoms with van der Waals surface area (Å²) in [5.41, 5.74) is 0. The molecule has 0 spiro atoms. The molecule has 2 aliphatic heterocycles. The summed E-state index contributed by atoms with van der Waals surface area (Å²) in [5.74, 6) is -0.244. The van der Waals surface area contributed by atoms with E-state index in [2.05, 4.69) is 141 Å². The van der Waals surface area contributed by atoms with Gasteiger partial charge in [-0.3, -0.25) is 4.79 Å². The molecule has 0 aromatic rings. The third-order valence-electron chi connectivity index (χ3n) is 20.8. The Bertz CT molecular complexity index is 2340. The van der Waals surface area contributed by atoms with Gasteiger partial charge in [0, 0.05) is 6.42 Å². The lowest BCUT2D eigenvalue weighted by Crippen LogP contribution is -2.65. The lowest BCUT2D eigenvalue weighted by atomic mass is 9.97. The van der Waals surface area contributed by atoms with Crippen molar-refractivity contribution < 1.29 is 64.6 Å². The van der Waals surface area contributed by atoms with Gasteiger partial charge >= 0.3 is 0 Å². The number of nitrogens with one attached hydrogen (secondary N) is 1. The normalized spacial score (nSPS) is 21.8. The van der Waals surface area contributed by atoms with Crippen molar-refractivity contribution in [3.05, 3.63) is 134 Å². The molecule has 0 bridgehead atoms. The third-order valence-corrected chi connectivity index (χ3v) is 20.8. The van der Waals surface area contributed by atoms with Gasteiger partial charge in [0.2, 0.25) is 5.91 Å². The topological polar surface area (TPSA) is 228 Å². The van der Waals surface area contributed by atoms with Gasteiger partial charge in [-0.05, 0) is 96.3 Å². The van der Waals surface area contributed by atoms with Crippen LogP contribution in [0.5, 0.6) is 0 Å². The minimum atomic E-state index is -1.80. The maximum atomic E-state index is 13.4. The van der Waals surface area contributed by atoms with Crippen LogP contribution in [0.25, 0.3) is 0 Å². The third kappa shape index (κ3) is 57.2. The van der Waals surface area contributed by atoms with E-state index in [4.69, 9.17) is 18.9 Å². The number of hydrogen-bond donors (Lipinski definition) is 9. The predicted molar refractivity (Wildman–Crippen MR) is 451 cm³/mol. The summed E-state index contributed by atoms with van der Waals surface area (Å²) in [4.78, 5) is 13.4. The SMILES string of the molecule is CC/C=C\C/C=C\C/C=C\C/C=C\C/C=C\C/C=C\C/C=C\C/C=C\C/C=C\C/C=C\CCCCCCCCCCCCC(=O)NC(COC1OC(CO)C(OC2OC(CO)C(O)C(O)C2O)C(O)C1O)C(O)/C=C/CCCCCCCCCCCCCCCCCCCCCCCCCCCCCCCCC. The van der Waals surface area contributed by atoms with E-state index in [1.165, 1.54) is 225 Å². The molecular formula is C94H163NO13. The molecule has 1 amide bonds. The molecule has 0 aromatic carbocycles. The summed E-state index contributed by atoms with van der Waals surface area (Å²) in [5, 5.41) is 87.9. The first-order valence-electron chi connectivity index (χ1n) is 44.4. The molecule has 12 atom stereocenters. The Balaban J connectivity index is 1.60. The maximum Gasteiger partial charge on any atom is 0.220 e. The Hall–Kier alpha value is -3.87. The van der Waals surface area contributed by atoms with Gasteiger partial charge in [-0.2, -0.15) is 0 Å². The second-order valence-electron chi connectivity index (χ2n) is 30.6. The minimum absolute atomic E-state index is 0.244. The van der Waals surface area contributed by atoms with Crippen LogP contribution in [0.15, 0.2) is 134 Å². The largest absolute Gasteiger partial charge is 0.394 e. The van der Waals surface area contributed by atoms with E-state index < -0.39 is 86.8 Å². The number of carbonyl (C=O) groups excluding carboxylic acids is 1. The van der Waals surface area contributed by atoms with Gasteiger partial charge in [0.15, 0.2) is 12.6 Å². The lowest BCUT2D eigenvalue weighted by Gasteiger charge is -2.46. The smallest absolute Gasteiger partial charge is 0.220 e. The second kappa shape index (κ2) is 75.8. The molecule has 12 unspecified atom stereocenters. The maximum absolute atomic E-state index is 13.4. The van der Waals surface area contributed by atoms with E-state index in [0.29, 0.717) is 6.42 Å². The highest BCUT2D eigenvalue weighted by molar-refractivity contribution is 5.76. The summed E-state index contributed by atoms with van der Waals surface area (Å²) in [6.07, 6.45) is 96.9. The van der Waals surface area contributed by atoms with Crippen LogP contribution in [0, 0.1) is 0 Å². The molecule has 2 fully saturated rings. The number of carbonyl (C=O) groups is 1. The van der Waals surface area contributed by atoms with Gasteiger partial charge in [0.25, 0.3) is 0 Å². The Kier molecular flexibility index (Phi) is 70.3. The van der Waals surface area contributed by atoms with Crippen LogP contribution in [0.1, 0.15) is 361 Å². The zero-order valence-electron chi connectivity index (χ0n) is 68.6. The molecule has 108 heavy (non-hydrogen) atoms. The highest BCUT2D eigenvalue weighted by Crippen LogP contribution is 2.30. The standard InChI is InChI=1S/C94H163NO13/c1-3-5-7-9-11-13-15-17-19-21-23-25-27-29-31-33-35-37-38-39-40-41-42-43-44-46-48-50-52-54-56-58-60-62-64-66-68-70-72-74-76-78-86(99)95-82(81-105-93-91(104)89(102)92(85(80-97)107-93)108-94-90(103)88(101)87(100)84(79-96)106-94)83(98)77-75-73-71-69-67-65-63-61-59-57-55-53-51-49-47-45-36-34-32-30-28-26-24-22-20-18-16-14-12-10-8-6-4-2/h5,7,11,13,17,19,23,25,29,31,35,37,39-40,42-43,46,48,52,54,75,77,82-85,87-94,96-98,100-104H,3-4,6,8-10,12,14-16,18,20-22,24,26-28,30,32-34,36,38,41,44-45,47,49-51,53,55-74,76,78-81H2,1-2H3,(H,95,99)/b7-5-,13-11-,19-17-,25-23-,31-29-,37-35-,40-39-,43-42-,48-46-,54-52-,77-75+. The fraction of sp³-hybridized carbons (Fsp3) is 0.755. The average Bonchev–Trinajstić information content (AvgIpc) is 0.789. The van der Waals surface area contributed by atoms with Gasteiger partial charge < -0.3 is 65.1 Å². The summed E-state index contributed by atoms with van der Waals surface area (Å²) in [6.45, 7) is 2.72. The first-order valence-corrected chi connectivity index (χ1v) is 44.4. The van der Waals surface area contributed by atoms with Gasteiger partial charge in [-0.1, -0.05) is 392 Å². The van der Waals surface area contributed by atoms with Crippen LogP contribution in [-0.4, -0.2) is 140 Å². The van der Waals surface area contributed by atoms with Crippen molar-refractivity contribution in [2.24, 2.45) is 0 Å². The van der Waals surface area contributed by atoms with Crippen LogP contribution < -0.4 is 5.32 Å². The van der Waals surface area contributed by atoms with Crippen molar-refractivity contribution >= 4 is 5.91 Å². The zero-order chi connectivity index (χ0) is 77.9. The van der Waals surface area contributed by atoms with E-state index in [9.17, 15) is 45.6 Å². The van der Waals surface area contributed by atoms with Crippen LogP contribution in [0.4, 0.5) is 0 Å². The molecule has 2 heterocycles. The monoisotopic (exact) mass is 1510 g/mol. The van der Waals surface area contributed by atoms with E-state index in [-0.39, 0.29) is 18.9 Å². The molecule has 14 nitrogen and oxygen atoms in total. The first-order chi connectivity index (χ1) is 53.1. The van der Waals surface area contributed by atoms with Crippen molar-refractivity contribution in [3.8, 4) is 0 Å². The number of rotatable bonds is 74. The Morgan fingerprint density at radius 2 is 0.639 bits per heavy atom. The van der Waals surface area contributed by atoms with Crippen molar-refractivity contribution in [2.75, 3.05) is 19.8 Å². The van der Waals surface area contributed by atoms with E-state index in [1.54, 1.807) is 6.08 Å². The van der Waals surface area contributed by atoms with Crippen LogP contribution in [0.3, 0.4) is 0 Å². The van der Waals surface area contributed by atoms with E-state index in [0.717, 1.165) is 109 Å². The number of unbranched alkanes of at least 4 members (excludes halogenated alkanes) is 41. The molecular weight excluding hydrogens is 1350 g/mol. The number of aliphatic hydroxyl groups excluding tert-OH is 8. The fourth-order valence-corrected chi connectivity index (χ4v) is 13.9. The van der Waals surface area contributed by atoms with Gasteiger partial charge in [0.05, 0.1) is 32.0 Å². The number of allylic oxidation sites excluding steroid dienone is 21. The average molecular weight is 1520 g/mol. The summed E-state index contributed by atoms with van der Waals surface area (Å²) in [6, 6.07) is -0.928. The zero-order valence-corrected chi connectivity index (χ0v) is 68.6. The van der Waals surface area contributed by atoms with Gasteiger partial charge in [0.1, 0.15) is 48.8 Å². The predicted octanol–water partition coefficient (Wildman–Crippen LogP) is 21.7. The summed E-state index contributed by atoms with van der Waals surface area (Å²) in [7, 11) is 0. The molecule has 0 radical (unpaired) electrons. The molecule has 0 saturated carbocycles. The lowest BCUT2D eigenvalue weighted by molar-refractivity contribution is -0.359. The molecule has 2 saturated heterocycles. The molecule has 2 aliphatic rings. The Labute approximate surface area is 660 Å². The highest BCUT2D eigenvalue weighted by atomic mass is 16.7. The highest BCUT2D eigenvalue weighted by Gasteiger charge is 2.51. The van der Waals surface area contributed by atoms with Crippen LogP contribution in [0.2, 0.25) is 0 Å². The van der Waals surface area contributed by atoms with E-state index >= 15 is 0 Å². The molecule has 9 N–H and O–H groups in total. The molecule has 2 rings (SSSR count). The Morgan fingerprint density at radius 3 is 0.981 bits per heavy atom. The summed E-state index contributed by atoms with van der Waals surface area (Å²) >= 11 is 0. The van der Waals surface area contributed by atoms with Crippen LogP contribution in [-0.2, 0) is 23.7 Å². The molecule has 0 aliphatic carbocycles. The molecule has 0 aromatic heterocycles. The van der Waals surface area contributed by atoms with Gasteiger partial charge in [-0.15, -0.1) is 0 Å². The number of amides is 1. The molecule has 14 heteroatoms. The van der Waals surface area contributed by atoms with Crippen molar-refractivity contribution in [1.82, 2.24) is 5.32 Å². The Morgan fingerprint density at radius 1 is 0.343 bits per heavy atom. The van der Waals surface area contributed by atoms with Crippen molar-refractivity contribution in [2.45, 2.75) is 434 Å². The quantitative estimate of drug-likeness (QED) is 0.0204. The van der Waals surface area contributed by atoms with Gasteiger partial charge in [-0.25, -0.2) is 0 Å². The van der Waals surface area contributed by atoms with E-state index in [1.807, 2.05) is 6.08 Å². The summed E-state index contributed by atoms with van der Waals surface area (Å²) < 4.78 is 23.0. The molecule has 622 valence electrons.